The van der Waals surface area contributed by atoms with Gasteiger partial charge < -0.3 is 14.0 Å². The van der Waals surface area contributed by atoms with Crippen LogP contribution >= 0.6 is 0 Å². The Morgan fingerprint density at radius 3 is 1.90 bits per heavy atom. The van der Waals surface area contributed by atoms with Crippen molar-refractivity contribution in [3.63, 3.8) is 0 Å². The predicted molar refractivity (Wildman–Crippen MR) is 168 cm³/mol. The van der Waals surface area contributed by atoms with Crippen LogP contribution in [0.1, 0.15) is 115 Å². The van der Waals surface area contributed by atoms with Crippen molar-refractivity contribution < 1.29 is 18.8 Å². The van der Waals surface area contributed by atoms with Gasteiger partial charge in [0.1, 0.15) is 18.2 Å². The normalized spacial score (nSPS) is 13.1. The lowest BCUT2D eigenvalue weighted by atomic mass is 10.0. The van der Waals surface area contributed by atoms with E-state index in [1.165, 1.54) is 88.2 Å². The zero-order chi connectivity index (χ0) is 29.1. The lowest BCUT2D eigenvalue weighted by molar-refractivity contribution is -0.905. The molecule has 0 saturated heterocycles. The van der Waals surface area contributed by atoms with Gasteiger partial charge in [-0.1, -0.05) is 133 Å². The number of para-hydroxylation sites is 1. The van der Waals surface area contributed by atoms with Crippen molar-refractivity contribution in [3.05, 3.63) is 65.7 Å². The smallest absolute Gasteiger partial charge is 0.317 e. The van der Waals surface area contributed by atoms with E-state index in [2.05, 4.69) is 57.4 Å². The van der Waals surface area contributed by atoms with E-state index in [1.807, 2.05) is 32.0 Å². The summed E-state index contributed by atoms with van der Waals surface area (Å²) in [5.74, 6) is 0.440. The third kappa shape index (κ3) is 14.3. The SMILES string of the molecule is CCCCCCCCCCCCCCc1ccccc1OC(CC)OC(=O)C(C)C[N+](C)(C)Cc1ccccc1. The first-order valence-corrected chi connectivity index (χ1v) is 16.2. The second-order valence-electron chi connectivity index (χ2n) is 12.3. The molecule has 0 heterocycles. The van der Waals surface area contributed by atoms with Gasteiger partial charge in [0.05, 0.1) is 20.6 Å². The first-order chi connectivity index (χ1) is 19.3. The van der Waals surface area contributed by atoms with Crippen LogP contribution in [-0.4, -0.2) is 37.4 Å². The van der Waals surface area contributed by atoms with Gasteiger partial charge in [-0.15, -0.1) is 0 Å². The first kappa shape index (κ1) is 33.9. The Balaban J connectivity index is 1.72. The van der Waals surface area contributed by atoms with Crippen LogP contribution in [0.5, 0.6) is 5.75 Å². The number of unbranched alkanes of at least 4 members (excludes halogenated alkanes) is 11. The number of benzene rings is 2. The number of carbonyl (C=O) groups excluding carboxylic acids is 1. The number of ether oxygens (including phenoxy) is 2. The van der Waals surface area contributed by atoms with Crippen molar-refractivity contribution in [1.29, 1.82) is 0 Å². The van der Waals surface area contributed by atoms with Gasteiger partial charge in [0, 0.05) is 12.0 Å². The molecule has 4 heteroatoms. The predicted octanol–water partition coefficient (Wildman–Crippen LogP) is 9.50. The molecule has 0 spiro atoms. The van der Waals surface area contributed by atoms with Crippen LogP contribution < -0.4 is 4.74 Å². The Kier molecular flexibility index (Phi) is 16.7. The molecule has 224 valence electrons. The standard InChI is InChI=1S/C36H58NO3/c1-6-8-9-10-11-12-13-14-15-16-17-21-26-33-27-22-23-28-34(33)39-35(7-2)40-36(38)31(3)29-37(4,5)30-32-24-19-18-20-25-32/h18-20,22-25,27-28,31,35H,6-17,21,26,29-30H2,1-5H3/q+1. The molecular formula is C36H58NO3+. The number of carbonyl (C=O) groups is 1. The van der Waals surface area contributed by atoms with E-state index in [9.17, 15) is 4.79 Å². The average molecular weight is 553 g/mol. The summed E-state index contributed by atoms with van der Waals surface area (Å²) >= 11 is 0. The molecule has 4 nitrogen and oxygen atoms in total. The zero-order valence-electron chi connectivity index (χ0n) is 26.3. The molecule has 2 rings (SSSR count). The van der Waals surface area contributed by atoms with Gasteiger partial charge >= 0.3 is 5.97 Å². The topological polar surface area (TPSA) is 35.5 Å². The second-order valence-corrected chi connectivity index (χ2v) is 12.3. The molecule has 0 N–H and O–H groups in total. The maximum Gasteiger partial charge on any atom is 0.317 e. The summed E-state index contributed by atoms with van der Waals surface area (Å²) in [4.78, 5) is 13.0. The molecule has 2 aromatic rings. The molecule has 0 radical (unpaired) electrons. The highest BCUT2D eigenvalue weighted by Crippen LogP contribution is 2.24. The van der Waals surface area contributed by atoms with Gasteiger partial charge in [-0.3, -0.25) is 4.79 Å². The Hall–Kier alpha value is -2.33. The van der Waals surface area contributed by atoms with Gasteiger partial charge in [0.15, 0.2) is 0 Å². The van der Waals surface area contributed by atoms with Gasteiger partial charge in [-0.2, -0.15) is 0 Å². The van der Waals surface area contributed by atoms with Crippen molar-refractivity contribution >= 4 is 5.97 Å². The van der Waals surface area contributed by atoms with Crippen LogP contribution in [0.2, 0.25) is 0 Å². The minimum absolute atomic E-state index is 0.190. The van der Waals surface area contributed by atoms with Gasteiger partial charge in [0.25, 0.3) is 0 Å². The highest BCUT2D eigenvalue weighted by Gasteiger charge is 2.28. The summed E-state index contributed by atoms with van der Waals surface area (Å²) in [6, 6.07) is 18.7. The molecule has 2 unspecified atom stereocenters. The van der Waals surface area contributed by atoms with E-state index >= 15 is 0 Å². The Morgan fingerprint density at radius 1 is 0.750 bits per heavy atom. The highest BCUT2D eigenvalue weighted by molar-refractivity contribution is 5.72. The molecule has 0 aromatic heterocycles. The zero-order valence-corrected chi connectivity index (χ0v) is 26.3. The summed E-state index contributed by atoms with van der Waals surface area (Å²) < 4.78 is 12.8. The summed E-state index contributed by atoms with van der Waals surface area (Å²) in [6.07, 6.45) is 17.3. The van der Waals surface area contributed by atoms with Crippen LogP contribution in [0.25, 0.3) is 0 Å². The molecule has 2 aromatic carbocycles. The monoisotopic (exact) mass is 552 g/mol. The van der Waals surface area contributed by atoms with Crippen molar-refractivity contribution in [2.24, 2.45) is 5.92 Å². The molecule has 0 fully saturated rings. The fourth-order valence-corrected chi connectivity index (χ4v) is 5.52. The number of hydrogen-bond donors (Lipinski definition) is 0. The summed E-state index contributed by atoms with van der Waals surface area (Å²) in [5.41, 5.74) is 2.48. The molecular weight excluding hydrogens is 494 g/mol. The first-order valence-electron chi connectivity index (χ1n) is 16.2. The van der Waals surface area contributed by atoms with Crippen LogP contribution in [0.3, 0.4) is 0 Å². The second kappa shape index (κ2) is 19.7. The van der Waals surface area contributed by atoms with Crippen LogP contribution in [-0.2, 0) is 22.5 Å². The molecule has 0 amide bonds. The number of quaternary nitrogens is 1. The maximum absolute atomic E-state index is 13.0. The van der Waals surface area contributed by atoms with Crippen molar-refractivity contribution in [2.75, 3.05) is 20.6 Å². The van der Waals surface area contributed by atoms with Gasteiger partial charge in [-0.05, 0) is 31.4 Å². The van der Waals surface area contributed by atoms with Gasteiger partial charge in [-0.25, -0.2) is 0 Å². The summed E-state index contributed by atoms with van der Waals surface area (Å²) in [7, 11) is 4.33. The number of aryl methyl sites for hydroxylation is 1. The Labute approximate surface area is 246 Å². The third-order valence-electron chi connectivity index (χ3n) is 7.74. The van der Waals surface area contributed by atoms with Crippen LogP contribution in [0, 0.1) is 5.92 Å². The van der Waals surface area contributed by atoms with E-state index in [0.29, 0.717) is 13.0 Å². The molecule has 0 bridgehead atoms. The fourth-order valence-electron chi connectivity index (χ4n) is 5.52. The van der Waals surface area contributed by atoms with Crippen molar-refractivity contribution in [1.82, 2.24) is 0 Å². The number of nitrogens with zero attached hydrogens (tertiary/aromatic N) is 1. The lowest BCUT2D eigenvalue weighted by Gasteiger charge is -2.32. The van der Waals surface area contributed by atoms with E-state index in [4.69, 9.17) is 9.47 Å². The molecule has 0 aliphatic rings. The number of esters is 1. The summed E-state index contributed by atoms with van der Waals surface area (Å²) in [5, 5.41) is 0. The van der Waals surface area contributed by atoms with Crippen LogP contribution in [0.15, 0.2) is 54.6 Å². The van der Waals surface area contributed by atoms with Crippen molar-refractivity contribution in [2.45, 2.75) is 123 Å². The molecule has 0 saturated carbocycles. The Morgan fingerprint density at radius 2 is 1.30 bits per heavy atom. The minimum Gasteiger partial charge on any atom is -0.455 e. The fraction of sp³-hybridized carbons (Fsp3) is 0.639. The van der Waals surface area contributed by atoms with Crippen molar-refractivity contribution in [3.8, 4) is 5.75 Å². The summed E-state index contributed by atoms with van der Waals surface area (Å²) in [6.45, 7) is 7.83. The number of hydrogen-bond acceptors (Lipinski definition) is 3. The molecule has 40 heavy (non-hydrogen) atoms. The van der Waals surface area contributed by atoms with E-state index in [0.717, 1.165) is 23.2 Å². The third-order valence-corrected chi connectivity index (χ3v) is 7.74. The van der Waals surface area contributed by atoms with Gasteiger partial charge in [0.2, 0.25) is 6.29 Å². The largest absolute Gasteiger partial charge is 0.455 e. The Bertz CT molecular complexity index is 927. The quantitative estimate of drug-likeness (QED) is 0.0631. The maximum atomic E-state index is 13.0. The van der Waals surface area contributed by atoms with Crippen LogP contribution in [0.4, 0.5) is 0 Å². The minimum atomic E-state index is -0.567. The number of rotatable bonds is 22. The average Bonchev–Trinajstić information content (AvgIpc) is 2.94. The molecule has 0 aliphatic carbocycles. The lowest BCUT2D eigenvalue weighted by Crippen LogP contribution is -2.44. The van der Waals surface area contributed by atoms with E-state index < -0.39 is 6.29 Å². The van der Waals surface area contributed by atoms with E-state index in [1.54, 1.807) is 0 Å². The molecule has 2 atom stereocenters. The van der Waals surface area contributed by atoms with E-state index in [-0.39, 0.29) is 11.9 Å². The molecule has 0 aliphatic heterocycles. The highest BCUT2D eigenvalue weighted by atomic mass is 16.7.